The Hall–Kier alpha value is -2.63. The summed E-state index contributed by atoms with van der Waals surface area (Å²) in [5.41, 5.74) is 0. The lowest BCUT2D eigenvalue weighted by Gasteiger charge is -2.18. The minimum Gasteiger partial charge on any atom is -0.462 e. The molecule has 6 nitrogen and oxygen atoms in total. The molecule has 402 valence electrons. The molecule has 0 aromatic carbocycles. The largest absolute Gasteiger partial charge is 0.462 e. The van der Waals surface area contributed by atoms with Gasteiger partial charge in [0.2, 0.25) is 0 Å². The predicted molar refractivity (Wildman–Crippen MR) is 298 cm³/mol. The molecule has 69 heavy (non-hydrogen) atoms. The normalized spacial score (nSPS) is 12.3. The van der Waals surface area contributed by atoms with Gasteiger partial charge >= 0.3 is 17.9 Å². The van der Waals surface area contributed by atoms with Crippen LogP contribution >= 0.6 is 0 Å². The minimum atomic E-state index is -0.774. The SMILES string of the molecule is CCCCCCC/C=C\C/C=C\C/C=C\CCCCCCCCCCCCCCC(=O)OCC(COC(=O)CCCCCCCCCCCC)OC(=O)CCCCCCC/C=C\CCCCCCC. The molecule has 1 unspecified atom stereocenters. The fraction of sp³-hybridized carbons (Fsp3) is 0.825. The first-order chi connectivity index (χ1) is 34.0. The summed E-state index contributed by atoms with van der Waals surface area (Å²) in [6.07, 6.45) is 71.2. The monoisotopic (exact) mass is 967 g/mol. The number of unbranched alkanes of at least 4 members (excludes halogenated alkanes) is 36. The van der Waals surface area contributed by atoms with Gasteiger partial charge in [-0.2, -0.15) is 0 Å². The van der Waals surface area contributed by atoms with Gasteiger partial charge in [-0.25, -0.2) is 0 Å². The Bertz CT molecular complexity index is 1200. The van der Waals surface area contributed by atoms with Crippen LogP contribution in [0.2, 0.25) is 0 Å². The van der Waals surface area contributed by atoms with E-state index in [1.54, 1.807) is 0 Å². The van der Waals surface area contributed by atoms with Crippen LogP contribution in [0.25, 0.3) is 0 Å². The van der Waals surface area contributed by atoms with E-state index in [9.17, 15) is 14.4 Å². The minimum absolute atomic E-state index is 0.0736. The summed E-state index contributed by atoms with van der Waals surface area (Å²) in [4.78, 5) is 38.1. The van der Waals surface area contributed by atoms with Crippen molar-refractivity contribution in [3.05, 3.63) is 48.6 Å². The standard InChI is InChI=1S/C63H114O6/c1-4-7-10-13-16-19-22-24-26-27-28-29-30-31-32-33-34-35-36-37-38-40-41-44-47-50-53-56-62(65)68-59-60(58-67-61(64)55-52-49-46-43-21-18-15-12-9-6-3)69-63(66)57-54-51-48-45-42-39-25-23-20-17-14-11-8-5-2/h22-25,27-28,30-31,60H,4-21,26,29,32-59H2,1-3H3/b24-22-,25-23-,28-27-,31-30-. The van der Waals surface area contributed by atoms with Crippen molar-refractivity contribution in [2.24, 2.45) is 0 Å². The number of hydrogen-bond acceptors (Lipinski definition) is 6. The third-order valence-corrected chi connectivity index (χ3v) is 13.3. The molecular formula is C63H114O6. The highest BCUT2D eigenvalue weighted by molar-refractivity contribution is 5.71. The maximum absolute atomic E-state index is 12.8. The van der Waals surface area contributed by atoms with Crippen molar-refractivity contribution >= 4 is 17.9 Å². The molecule has 0 N–H and O–H groups in total. The molecule has 0 rings (SSSR count). The molecule has 6 heteroatoms. The topological polar surface area (TPSA) is 78.9 Å². The highest BCUT2D eigenvalue weighted by Gasteiger charge is 2.19. The van der Waals surface area contributed by atoms with Crippen molar-refractivity contribution in [1.82, 2.24) is 0 Å². The maximum Gasteiger partial charge on any atom is 0.306 e. The van der Waals surface area contributed by atoms with Crippen molar-refractivity contribution in [3.8, 4) is 0 Å². The Morgan fingerprint density at radius 2 is 0.522 bits per heavy atom. The number of hydrogen-bond donors (Lipinski definition) is 0. The Morgan fingerprint density at radius 1 is 0.290 bits per heavy atom. The number of ether oxygens (including phenoxy) is 3. The maximum atomic E-state index is 12.8. The highest BCUT2D eigenvalue weighted by atomic mass is 16.6. The second-order valence-corrected chi connectivity index (χ2v) is 20.3. The fourth-order valence-electron chi connectivity index (χ4n) is 8.74. The van der Waals surface area contributed by atoms with Gasteiger partial charge in [0.05, 0.1) is 0 Å². The van der Waals surface area contributed by atoms with E-state index in [-0.39, 0.29) is 31.1 Å². The summed E-state index contributed by atoms with van der Waals surface area (Å²) in [5.74, 6) is -0.872. The average molecular weight is 968 g/mol. The number of rotatable bonds is 55. The quantitative estimate of drug-likeness (QED) is 0.0262. The van der Waals surface area contributed by atoms with E-state index >= 15 is 0 Å². The zero-order valence-electron chi connectivity index (χ0n) is 46.1. The Kier molecular flexibility index (Phi) is 55.7. The second-order valence-electron chi connectivity index (χ2n) is 20.3. The van der Waals surface area contributed by atoms with Crippen LogP contribution in [-0.2, 0) is 28.6 Å². The predicted octanol–water partition coefficient (Wildman–Crippen LogP) is 20.2. The fourth-order valence-corrected chi connectivity index (χ4v) is 8.74. The molecule has 0 aromatic heterocycles. The molecule has 0 aliphatic carbocycles. The molecule has 0 amide bonds. The van der Waals surface area contributed by atoms with E-state index < -0.39 is 6.10 Å². The smallest absolute Gasteiger partial charge is 0.306 e. The summed E-state index contributed by atoms with van der Waals surface area (Å²) >= 11 is 0. The first-order valence-corrected chi connectivity index (χ1v) is 30.1. The molecule has 0 aromatic rings. The summed E-state index contributed by atoms with van der Waals surface area (Å²) in [6, 6.07) is 0. The molecule has 0 bridgehead atoms. The van der Waals surface area contributed by atoms with Crippen molar-refractivity contribution in [2.75, 3.05) is 13.2 Å². The van der Waals surface area contributed by atoms with Crippen molar-refractivity contribution in [3.63, 3.8) is 0 Å². The van der Waals surface area contributed by atoms with Gasteiger partial charge in [-0.3, -0.25) is 14.4 Å². The lowest BCUT2D eigenvalue weighted by atomic mass is 10.0. The Labute approximate surface area is 428 Å². The number of esters is 3. The van der Waals surface area contributed by atoms with Gasteiger partial charge in [0.1, 0.15) is 13.2 Å². The van der Waals surface area contributed by atoms with Crippen LogP contribution in [0.3, 0.4) is 0 Å². The van der Waals surface area contributed by atoms with E-state index in [0.717, 1.165) is 77.0 Å². The molecular weight excluding hydrogens is 853 g/mol. The van der Waals surface area contributed by atoms with Crippen LogP contribution in [0.4, 0.5) is 0 Å². The van der Waals surface area contributed by atoms with Crippen LogP contribution < -0.4 is 0 Å². The Balaban J connectivity index is 4.18. The van der Waals surface area contributed by atoms with Gasteiger partial charge in [0.25, 0.3) is 0 Å². The summed E-state index contributed by atoms with van der Waals surface area (Å²) in [7, 11) is 0. The number of carbonyl (C=O) groups is 3. The zero-order chi connectivity index (χ0) is 50.0. The van der Waals surface area contributed by atoms with E-state index in [0.29, 0.717) is 19.3 Å². The molecule has 0 saturated carbocycles. The molecule has 0 spiro atoms. The number of allylic oxidation sites excluding steroid dienone is 8. The lowest BCUT2D eigenvalue weighted by molar-refractivity contribution is -0.167. The zero-order valence-corrected chi connectivity index (χ0v) is 46.1. The molecule has 0 saturated heterocycles. The molecule has 0 heterocycles. The lowest BCUT2D eigenvalue weighted by Crippen LogP contribution is -2.30. The molecule has 0 aliphatic rings. The van der Waals surface area contributed by atoms with Crippen molar-refractivity contribution in [2.45, 2.75) is 322 Å². The number of carbonyl (C=O) groups excluding carboxylic acids is 3. The van der Waals surface area contributed by atoms with Crippen LogP contribution in [0, 0.1) is 0 Å². The Morgan fingerprint density at radius 3 is 0.826 bits per heavy atom. The van der Waals surface area contributed by atoms with E-state index in [1.165, 1.54) is 199 Å². The second kappa shape index (κ2) is 57.9. The van der Waals surface area contributed by atoms with Gasteiger partial charge in [-0.15, -0.1) is 0 Å². The van der Waals surface area contributed by atoms with E-state index in [1.807, 2.05) is 0 Å². The van der Waals surface area contributed by atoms with Crippen LogP contribution in [0.5, 0.6) is 0 Å². The van der Waals surface area contributed by atoms with Crippen LogP contribution in [0.15, 0.2) is 48.6 Å². The first-order valence-electron chi connectivity index (χ1n) is 30.1. The van der Waals surface area contributed by atoms with Crippen molar-refractivity contribution in [1.29, 1.82) is 0 Å². The average Bonchev–Trinajstić information content (AvgIpc) is 3.35. The van der Waals surface area contributed by atoms with Gasteiger partial charge in [-0.1, -0.05) is 262 Å². The first kappa shape index (κ1) is 66.4. The third-order valence-electron chi connectivity index (χ3n) is 13.3. The highest BCUT2D eigenvalue weighted by Crippen LogP contribution is 2.16. The molecule has 1 atom stereocenters. The summed E-state index contributed by atoms with van der Waals surface area (Å²) in [6.45, 7) is 6.63. The van der Waals surface area contributed by atoms with E-state index in [2.05, 4.69) is 69.4 Å². The van der Waals surface area contributed by atoms with Crippen LogP contribution in [0.1, 0.15) is 316 Å². The summed E-state index contributed by atoms with van der Waals surface area (Å²) < 4.78 is 16.8. The van der Waals surface area contributed by atoms with Gasteiger partial charge in [-0.05, 0) is 83.5 Å². The van der Waals surface area contributed by atoms with Gasteiger partial charge in [0.15, 0.2) is 6.10 Å². The molecule has 0 radical (unpaired) electrons. The molecule has 0 fully saturated rings. The van der Waals surface area contributed by atoms with Gasteiger partial charge in [0, 0.05) is 19.3 Å². The third kappa shape index (κ3) is 56.2. The molecule has 0 aliphatic heterocycles. The van der Waals surface area contributed by atoms with Gasteiger partial charge < -0.3 is 14.2 Å². The van der Waals surface area contributed by atoms with Crippen molar-refractivity contribution < 1.29 is 28.6 Å². The van der Waals surface area contributed by atoms with Crippen LogP contribution in [-0.4, -0.2) is 37.2 Å². The summed E-state index contributed by atoms with van der Waals surface area (Å²) in [5, 5.41) is 0. The van der Waals surface area contributed by atoms with E-state index in [4.69, 9.17) is 14.2 Å².